The van der Waals surface area contributed by atoms with Crippen LogP contribution >= 0.6 is 0 Å². The van der Waals surface area contributed by atoms with E-state index in [2.05, 4.69) is 37.5 Å². The zero-order valence-electron chi connectivity index (χ0n) is 45.1. The maximum absolute atomic E-state index is 12.9. The van der Waals surface area contributed by atoms with Gasteiger partial charge in [-0.25, -0.2) is 0 Å². The lowest BCUT2D eigenvalue weighted by Crippen LogP contribution is -2.46. The zero-order chi connectivity index (χ0) is 47.8. The summed E-state index contributed by atoms with van der Waals surface area (Å²) in [6, 6.07) is 0.678. The number of rotatable bonds is 53. The van der Waals surface area contributed by atoms with Crippen LogP contribution in [0.3, 0.4) is 0 Å². The Morgan fingerprint density at radius 1 is 0.455 bits per heavy atom. The lowest BCUT2D eigenvalue weighted by atomic mass is 9.91. The molecule has 1 aliphatic carbocycles. The molecular weight excluding hydrogens is 817 g/mol. The van der Waals surface area contributed by atoms with E-state index >= 15 is 0 Å². The van der Waals surface area contributed by atoms with E-state index in [4.69, 9.17) is 9.47 Å². The van der Waals surface area contributed by atoms with Crippen LogP contribution in [0.4, 0.5) is 0 Å². The first-order valence-corrected chi connectivity index (χ1v) is 29.9. The summed E-state index contributed by atoms with van der Waals surface area (Å²) in [4.78, 5) is 30.6. The van der Waals surface area contributed by atoms with E-state index in [0.29, 0.717) is 38.0 Å². The van der Waals surface area contributed by atoms with E-state index in [1.807, 2.05) is 0 Å². The van der Waals surface area contributed by atoms with E-state index in [1.54, 1.807) is 0 Å². The Hall–Kier alpha value is -1.18. The van der Waals surface area contributed by atoms with Gasteiger partial charge < -0.3 is 14.6 Å². The van der Waals surface area contributed by atoms with Gasteiger partial charge in [-0.1, -0.05) is 227 Å². The fourth-order valence-electron chi connectivity index (χ4n) is 9.93. The van der Waals surface area contributed by atoms with Gasteiger partial charge >= 0.3 is 11.9 Å². The molecule has 1 N–H and O–H groups in total. The molecule has 7 heteroatoms. The number of unbranched alkanes of at least 4 members (excludes halogenated alkanes) is 29. The molecule has 0 aromatic rings. The van der Waals surface area contributed by atoms with Crippen molar-refractivity contribution in [3.63, 3.8) is 0 Å². The average Bonchev–Trinajstić information content (AvgIpc) is 3.29. The van der Waals surface area contributed by atoms with Crippen molar-refractivity contribution in [1.29, 1.82) is 0 Å². The molecule has 0 heterocycles. The number of aliphatic hydroxyl groups excluding tert-OH is 1. The van der Waals surface area contributed by atoms with Gasteiger partial charge in [0.25, 0.3) is 0 Å². The molecule has 0 bridgehead atoms. The van der Waals surface area contributed by atoms with Crippen molar-refractivity contribution in [2.24, 2.45) is 5.92 Å². The molecule has 0 amide bonds. The Morgan fingerprint density at radius 3 is 1.35 bits per heavy atom. The minimum atomic E-state index is -0.280. The second kappa shape index (κ2) is 48.8. The monoisotopic (exact) mass is 933 g/mol. The molecule has 1 rings (SSSR count). The van der Waals surface area contributed by atoms with Crippen LogP contribution in [-0.2, 0) is 19.1 Å². The van der Waals surface area contributed by atoms with Gasteiger partial charge in [-0.05, 0) is 83.2 Å². The van der Waals surface area contributed by atoms with Crippen LogP contribution in [0.1, 0.15) is 304 Å². The number of carbonyl (C=O) groups is 2. The van der Waals surface area contributed by atoms with Crippen LogP contribution in [0.25, 0.3) is 0 Å². The summed E-state index contributed by atoms with van der Waals surface area (Å²) in [7, 11) is 0. The number of hydrogen-bond donors (Lipinski definition) is 1. The number of nitrogens with zero attached hydrogens (tertiary/aromatic N) is 2. The van der Waals surface area contributed by atoms with Gasteiger partial charge in [0.1, 0.15) is 0 Å². The van der Waals surface area contributed by atoms with Crippen molar-refractivity contribution in [3.8, 4) is 0 Å². The summed E-state index contributed by atoms with van der Waals surface area (Å²) in [5, 5.41) is 11.3. The van der Waals surface area contributed by atoms with Crippen molar-refractivity contribution in [2.45, 2.75) is 316 Å². The third kappa shape index (κ3) is 40.7. The second-order valence-electron chi connectivity index (χ2n) is 21.2. The Balaban J connectivity index is 2.53. The minimum absolute atomic E-state index is 0.0117. The third-order valence-electron chi connectivity index (χ3n) is 14.8. The zero-order valence-corrected chi connectivity index (χ0v) is 45.1. The molecule has 2 unspecified atom stereocenters. The largest absolute Gasteiger partial charge is 0.466 e. The number of aliphatic hydroxyl groups is 1. The Labute approximate surface area is 412 Å². The van der Waals surface area contributed by atoms with E-state index in [9.17, 15) is 14.7 Å². The van der Waals surface area contributed by atoms with Crippen LogP contribution in [0.15, 0.2) is 0 Å². The first kappa shape index (κ1) is 62.8. The summed E-state index contributed by atoms with van der Waals surface area (Å²) in [6.45, 7) is 15.1. The highest BCUT2D eigenvalue weighted by molar-refractivity contribution is 5.69. The summed E-state index contributed by atoms with van der Waals surface area (Å²) in [5.41, 5.74) is 0. The fourth-order valence-corrected chi connectivity index (χ4v) is 9.93. The first-order chi connectivity index (χ1) is 32.4. The van der Waals surface area contributed by atoms with Gasteiger partial charge in [0.05, 0.1) is 19.3 Å². The second-order valence-corrected chi connectivity index (χ2v) is 21.2. The van der Waals surface area contributed by atoms with Gasteiger partial charge in [0.2, 0.25) is 0 Å². The molecule has 66 heavy (non-hydrogen) atoms. The van der Waals surface area contributed by atoms with Gasteiger partial charge in [-0.15, -0.1) is 0 Å². The molecule has 0 spiro atoms. The van der Waals surface area contributed by atoms with Crippen molar-refractivity contribution >= 4 is 11.9 Å². The molecule has 0 saturated heterocycles. The van der Waals surface area contributed by atoms with Crippen LogP contribution < -0.4 is 0 Å². The maximum atomic E-state index is 12.9. The average molecular weight is 934 g/mol. The molecule has 0 radical (unpaired) electrons. The highest BCUT2D eigenvalue weighted by atomic mass is 16.5. The molecule has 392 valence electrons. The van der Waals surface area contributed by atoms with Crippen molar-refractivity contribution in [3.05, 3.63) is 0 Å². The number of carbonyl (C=O) groups excluding carboxylic acids is 2. The standard InChI is InChI=1S/C59H116N2O5/c1-5-9-13-17-20-22-23-25-28-34-45-57(62)53-60(48-37-30-35-47-59(64)66-54-55(41-32-16-12-8-4)42-33-27-19-15-11-7-3)50-51-61(56-43-40-44-56)49-38-31-36-46-58(63)65-52-39-29-26-24-21-18-14-10-6-2/h55-57,62H,5-54H2,1-4H3. The Bertz CT molecular complexity index is 1020. The fraction of sp³-hybridized carbons (Fsp3) is 0.966. The Kier molecular flexibility index (Phi) is 46.5. The van der Waals surface area contributed by atoms with Crippen molar-refractivity contribution in [2.75, 3.05) is 45.9 Å². The molecule has 7 nitrogen and oxygen atoms in total. The van der Waals surface area contributed by atoms with Crippen LogP contribution in [0.2, 0.25) is 0 Å². The van der Waals surface area contributed by atoms with Gasteiger partial charge in [-0.3, -0.25) is 19.4 Å². The molecule has 0 aliphatic heterocycles. The summed E-state index contributed by atoms with van der Waals surface area (Å²) >= 11 is 0. The van der Waals surface area contributed by atoms with Gasteiger partial charge in [-0.2, -0.15) is 0 Å². The highest BCUT2D eigenvalue weighted by Gasteiger charge is 2.25. The van der Waals surface area contributed by atoms with Crippen LogP contribution in [0, 0.1) is 5.92 Å². The predicted octanol–water partition coefficient (Wildman–Crippen LogP) is 16.9. The maximum Gasteiger partial charge on any atom is 0.305 e. The minimum Gasteiger partial charge on any atom is -0.466 e. The van der Waals surface area contributed by atoms with Gasteiger partial charge in [0, 0.05) is 38.5 Å². The molecule has 2 atom stereocenters. The lowest BCUT2D eigenvalue weighted by Gasteiger charge is -2.39. The molecular formula is C59H116N2O5. The van der Waals surface area contributed by atoms with E-state index in [1.165, 1.54) is 205 Å². The number of esters is 2. The van der Waals surface area contributed by atoms with Crippen LogP contribution in [0.5, 0.6) is 0 Å². The van der Waals surface area contributed by atoms with Crippen molar-refractivity contribution < 1.29 is 24.2 Å². The number of ether oxygens (including phenoxy) is 2. The predicted molar refractivity (Wildman–Crippen MR) is 284 cm³/mol. The van der Waals surface area contributed by atoms with Crippen LogP contribution in [-0.4, -0.2) is 84.9 Å². The smallest absolute Gasteiger partial charge is 0.305 e. The number of hydrogen-bond acceptors (Lipinski definition) is 7. The molecule has 1 aliphatic rings. The summed E-state index contributed by atoms with van der Waals surface area (Å²) in [6.07, 6.45) is 51.7. The van der Waals surface area contributed by atoms with Crippen molar-refractivity contribution in [1.82, 2.24) is 9.80 Å². The normalized spacial score (nSPS) is 14.0. The lowest BCUT2D eigenvalue weighted by molar-refractivity contribution is -0.145. The van der Waals surface area contributed by atoms with E-state index in [-0.39, 0.29) is 18.0 Å². The van der Waals surface area contributed by atoms with Gasteiger partial charge in [0.15, 0.2) is 0 Å². The SMILES string of the molecule is CCCCCCCCCCCCC(O)CN(CCCCCC(=O)OCC(CCCCCC)CCCCCCCC)CCN(CCCCCC(=O)OCCCCCCCCCCC)C1CCC1. The van der Waals surface area contributed by atoms with E-state index < -0.39 is 0 Å². The molecule has 0 aromatic carbocycles. The first-order valence-electron chi connectivity index (χ1n) is 29.9. The molecule has 1 fully saturated rings. The Morgan fingerprint density at radius 2 is 0.864 bits per heavy atom. The highest BCUT2D eigenvalue weighted by Crippen LogP contribution is 2.26. The van der Waals surface area contributed by atoms with E-state index in [0.717, 1.165) is 90.5 Å². The summed E-state index contributed by atoms with van der Waals surface area (Å²) < 4.78 is 11.5. The third-order valence-corrected chi connectivity index (χ3v) is 14.8. The topological polar surface area (TPSA) is 79.3 Å². The summed E-state index contributed by atoms with van der Waals surface area (Å²) in [5.74, 6) is 0.483. The quantitative estimate of drug-likeness (QED) is 0.0481. The molecule has 1 saturated carbocycles. The molecule has 0 aromatic heterocycles.